The van der Waals surface area contributed by atoms with Gasteiger partial charge in [0.05, 0.1) is 0 Å². The second kappa shape index (κ2) is 13.0. The number of ketones is 2. The van der Waals surface area contributed by atoms with Gasteiger partial charge in [0, 0.05) is 0 Å². The number of aryl methyl sites for hydroxylation is 2. The summed E-state index contributed by atoms with van der Waals surface area (Å²) in [5.74, 6) is -3.86. The Bertz CT molecular complexity index is 926. The Kier molecular flexibility index (Phi) is 12.2. The normalized spacial score (nSPS) is 12.2. The Morgan fingerprint density at radius 2 is 0.879 bits per heavy atom. The van der Waals surface area contributed by atoms with Crippen LogP contribution in [0.3, 0.4) is 0 Å². The van der Waals surface area contributed by atoms with Gasteiger partial charge < -0.3 is 25.3 Å². The Morgan fingerprint density at radius 3 is 1.09 bits per heavy atom. The SMILES string of the molecule is Cc1ccc(/C([S-])=C/C(=O)C(F)(F)F)cc1.Cc1ccc(/C([S-])=C/C(=O)C(F)(F)F)cc1.[Pt+2]. The second-order valence-corrected chi connectivity index (χ2v) is 7.35. The molecule has 180 valence electrons. The molecule has 0 aliphatic rings. The van der Waals surface area contributed by atoms with E-state index >= 15 is 0 Å². The number of carbonyl (C=O) groups excluding carboxylic acids is 2. The van der Waals surface area contributed by atoms with Crippen LogP contribution >= 0.6 is 0 Å². The predicted octanol–water partition coefficient (Wildman–Crippen LogP) is 6.03. The van der Waals surface area contributed by atoms with Crippen LogP contribution in [0.15, 0.2) is 60.7 Å². The van der Waals surface area contributed by atoms with E-state index in [0.717, 1.165) is 11.1 Å². The zero-order valence-corrected chi connectivity index (χ0v) is 20.9. The van der Waals surface area contributed by atoms with Gasteiger partial charge >= 0.3 is 33.4 Å². The van der Waals surface area contributed by atoms with Gasteiger partial charge in [0.1, 0.15) is 0 Å². The van der Waals surface area contributed by atoms with Crippen molar-refractivity contribution in [1.82, 2.24) is 0 Å². The van der Waals surface area contributed by atoms with Gasteiger partial charge in [-0.05, 0) is 37.1 Å². The van der Waals surface area contributed by atoms with Crippen molar-refractivity contribution < 1.29 is 57.0 Å². The maximum absolute atomic E-state index is 11.9. The molecule has 0 N–H and O–H groups in total. The summed E-state index contributed by atoms with van der Waals surface area (Å²) in [4.78, 5) is 21.1. The quantitative estimate of drug-likeness (QED) is 0.224. The van der Waals surface area contributed by atoms with E-state index in [9.17, 15) is 35.9 Å². The maximum Gasteiger partial charge on any atom is 2.00 e. The third kappa shape index (κ3) is 11.1. The molecule has 2 rings (SSSR count). The van der Waals surface area contributed by atoms with Crippen LogP contribution in [0.2, 0.25) is 0 Å². The average Bonchev–Trinajstić information content (AvgIpc) is 2.68. The first-order valence-corrected chi connectivity index (χ1v) is 9.56. The van der Waals surface area contributed by atoms with Crippen LogP contribution in [-0.2, 0) is 55.9 Å². The van der Waals surface area contributed by atoms with Gasteiger partial charge in [-0.1, -0.05) is 59.7 Å². The van der Waals surface area contributed by atoms with Crippen LogP contribution in [0.5, 0.6) is 0 Å². The van der Waals surface area contributed by atoms with Gasteiger partial charge in [-0.25, -0.2) is 0 Å². The van der Waals surface area contributed by atoms with Crippen molar-refractivity contribution in [2.45, 2.75) is 26.2 Å². The van der Waals surface area contributed by atoms with Gasteiger partial charge in [-0.3, -0.25) is 9.59 Å². The topological polar surface area (TPSA) is 34.1 Å². The minimum atomic E-state index is -4.87. The summed E-state index contributed by atoms with van der Waals surface area (Å²) in [5.41, 5.74) is 2.79. The molecule has 0 amide bonds. The summed E-state index contributed by atoms with van der Waals surface area (Å²) in [7, 11) is 0. The molecule has 0 atom stereocenters. The van der Waals surface area contributed by atoms with Crippen molar-refractivity contribution in [2.75, 3.05) is 0 Å². The third-order valence-electron chi connectivity index (χ3n) is 3.76. The molecular weight excluding hydrogens is 669 g/mol. The molecule has 11 heteroatoms. The van der Waals surface area contributed by atoms with E-state index in [1.165, 1.54) is 0 Å². The predicted molar refractivity (Wildman–Crippen MR) is 115 cm³/mol. The summed E-state index contributed by atoms with van der Waals surface area (Å²) in [6, 6.07) is 13.2. The van der Waals surface area contributed by atoms with E-state index in [2.05, 4.69) is 0 Å². The van der Waals surface area contributed by atoms with E-state index in [-0.39, 0.29) is 30.9 Å². The maximum atomic E-state index is 11.9. The Labute approximate surface area is 212 Å². The van der Waals surface area contributed by atoms with Gasteiger partial charge in [-0.2, -0.15) is 36.2 Å². The van der Waals surface area contributed by atoms with Gasteiger partial charge in [-0.15, -0.1) is 0 Å². The first kappa shape index (κ1) is 31.0. The standard InChI is InChI=1S/2C11H9F3OS.Pt/c2*1-7-2-4-8(5-3-7)9(16)6-10(15)11(12,13)14;/h2*2-6,16H,1H3;/q;;+2/p-2/b2*9-6-;. The number of hydrogen-bond donors (Lipinski definition) is 0. The Balaban J connectivity index is 0.000000602. The molecule has 0 radical (unpaired) electrons. The molecule has 0 aromatic heterocycles. The van der Waals surface area contributed by atoms with E-state index < -0.39 is 23.9 Å². The number of carbonyl (C=O) groups is 2. The van der Waals surface area contributed by atoms with Crippen molar-refractivity contribution in [3.63, 3.8) is 0 Å². The van der Waals surface area contributed by atoms with Crippen LogP contribution in [-0.4, -0.2) is 23.9 Å². The van der Waals surface area contributed by atoms with Crippen molar-refractivity contribution in [1.29, 1.82) is 0 Å². The molecule has 0 fully saturated rings. The molecule has 0 saturated heterocycles. The molecule has 0 aliphatic heterocycles. The number of alkyl halides is 6. The van der Waals surface area contributed by atoms with E-state index in [1.807, 2.05) is 13.8 Å². The van der Waals surface area contributed by atoms with Crippen molar-refractivity contribution in [3.05, 3.63) is 82.9 Å². The van der Waals surface area contributed by atoms with Gasteiger partial charge in [0.15, 0.2) is 0 Å². The molecule has 0 heterocycles. The number of rotatable bonds is 4. The molecule has 0 spiro atoms. The van der Waals surface area contributed by atoms with Crippen LogP contribution in [0, 0.1) is 13.8 Å². The fourth-order valence-corrected chi connectivity index (χ4v) is 2.49. The van der Waals surface area contributed by atoms with Crippen molar-refractivity contribution in [3.8, 4) is 0 Å². The fraction of sp³-hybridized carbons (Fsp3) is 0.182. The molecule has 2 nitrogen and oxygen atoms in total. The number of benzene rings is 2. The largest absolute Gasteiger partial charge is 2.00 e. The first-order valence-electron chi connectivity index (χ1n) is 8.75. The number of hydrogen-bond acceptors (Lipinski definition) is 4. The van der Waals surface area contributed by atoms with Crippen molar-refractivity contribution >= 4 is 46.6 Å². The number of halogens is 6. The first-order chi connectivity index (χ1) is 14.6. The minimum absolute atomic E-state index is 0. The zero-order valence-electron chi connectivity index (χ0n) is 17.0. The van der Waals surface area contributed by atoms with E-state index in [4.69, 9.17) is 25.3 Å². The second-order valence-electron chi connectivity index (χ2n) is 6.47. The Morgan fingerprint density at radius 1 is 0.636 bits per heavy atom. The zero-order chi connectivity index (χ0) is 24.7. The number of allylic oxidation sites excluding steroid dienone is 2. The fourth-order valence-electron chi connectivity index (χ4n) is 2.00. The van der Waals surface area contributed by atoms with Crippen LogP contribution in [0.25, 0.3) is 9.81 Å². The van der Waals surface area contributed by atoms with Crippen LogP contribution < -0.4 is 0 Å². The van der Waals surface area contributed by atoms with Crippen LogP contribution in [0.4, 0.5) is 26.3 Å². The summed E-state index contributed by atoms with van der Waals surface area (Å²) in [6.45, 7) is 3.69. The molecule has 0 bridgehead atoms. The molecule has 0 aliphatic carbocycles. The minimum Gasteiger partial charge on any atom is -0.779 e. The molecule has 2 aromatic carbocycles. The molecule has 2 aromatic rings. The summed E-state index contributed by atoms with van der Waals surface area (Å²) >= 11 is 9.47. The average molecular weight is 686 g/mol. The van der Waals surface area contributed by atoms with Gasteiger partial charge in [0.2, 0.25) is 0 Å². The monoisotopic (exact) mass is 685 g/mol. The van der Waals surface area contributed by atoms with Gasteiger partial charge in [0.25, 0.3) is 11.6 Å². The molecule has 0 saturated carbocycles. The summed E-state index contributed by atoms with van der Waals surface area (Å²) in [6.07, 6.45) is -8.87. The van der Waals surface area contributed by atoms with Crippen molar-refractivity contribution in [2.24, 2.45) is 0 Å². The summed E-state index contributed by atoms with van der Waals surface area (Å²) in [5, 5.41) is 0. The van der Waals surface area contributed by atoms with E-state index in [1.54, 1.807) is 48.5 Å². The van der Waals surface area contributed by atoms with E-state index in [0.29, 0.717) is 23.3 Å². The summed E-state index contributed by atoms with van der Waals surface area (Å²) < 4.78 is 71.7. The third-order valence-corrected chi connectivity index (χ3v) is 4.46. The molecule has 33 heavy (non-hydrogen) atoms. The smallest absolute Gasteiger partial charge is 0.779 e. The Hall–Kier alpha value is -2.03. The molecule has 0 unspecified atom stereocenters. The molecular formula is C22H16F6O2PtS2. The van der Waals surface area contributed by atoms with Crippen LogP contribution in [0.1, 0.15) is 22.3 Å².